The van der Waals surface area contributed by atoms with E-state index in [1.165, 1.54) is 0 Å². The van der Waals surface area contributed by atoms with Gasteiger partial charge in [0.05, 0.1) is 0 Å². The van der Waals surface area contributed by atoms with Crippen molar-refractivity contribution in [3.8, 4) is 44.9 Å². The molecule has 0 bridgehead atoms. The van der Waals surface area contributed by atoms with Crippen LogP contribution >= 0.6 is 0 Å². The Labute approximate surface area is 213 Å². The zero-order chi connectivity index (χ0) is 25.0. The number of phenolic OH excluding ortho intramolecular Hbond substituents is 1. The van der Waals surface area contributed by atoms with Crippen LogP contribution in [-0.4, -0.2) is 10.7 Å². The van der Waals surface area contributed by atoms with Gasteiger partial charge in [-0.2, -0.15) is 0 Å². The number of para-hydroxylation sites is 1. The van der Waals surface area contributed by atoms with Gasteiger partial charge >= 0.3 is 0 Å². The zero-order valence-corrected chi connectivity index (χ0v) is 20.7. The van der Waals surface area contributed by atoms with Gasteiger partial charge in [-0.3, -0.25) is 0 Å². The second kappa shape index (κ2) is 10.1. The first kappa shape index (κ1) is 23.4. The van der Waals surface area contributed by atoms with Gasteiger partial charge in [0.15, 0.2) is 0 Å². The first-order valence-electron chi connectivity index (χ1n) is 12.3. The van der Waals surface area contributed by atoms with Gasteiger partial charge in [0.1, 0.15) is 17.1 Å². The second-order valence-electron chi connectivity index (χ2n) is 9.63. The molecule has 0 aliphatic rings. The van der Waals surface area contributed by atoms with Gasteiger partial charge in [-0.05, 0) is 53.8 Å². The zero-order valence-electron chi connectivity index (χ0n) is 20.7. The molecule has 5 rings (SSSR count). The first-order valence-corrected chi connectivity index (χ1v) is 12.3. The van der Waals surface area contributed by atoms with Gasteiger partial charge in [0, 0.05) is 17.5 Å². The van der Waals surface area contributed by atoms with Crippen LogP contribution in [0.3, 0.4) is 0 Å². The van der Waals surface area contributed by atoms with Crippen molar-refractivity contribution < 1.29 is 9.84 Å². The maximum Gasteiger partial charge on any atom is 0.128 e. The van der Waals surface area contributed by atoms with Crippen molar-refractivity contribution in [2.45, 2.75) is 25.9 Å². The van der Waals surface area contributed by atoms with Crippen molar-refractivity contribution in [3.05, 3.63) is 133 Å². The minimum Gasteiger partial charge on any atom is -0.508 e. The second-order valence-corrected chi connectivity index (χ2v) is 9.63. The fraction of sp³-hybridized carbons (Fsp3) is 0.118. The Morgan fingerprint density at radius 2 is 1.06 bits per heavy atom. The molecule has 2 nitrogen and oxygen atoms in total. The normalized spacial score (nSPS) is 11.3. The molecule has 0 radical (unpaired) electrons. The van der Waals surface area contributed by atoms with Gasteiger partial charge in [0.2, 0.25) is 0 Å². The van der Waals surface area contributed by atoms with E-state index in [1.807, 2.05) is 36.4 Å². The highest BCUT2D eigenvalue weighted by Gasteiger charge is 2.26. The molecule has 0 aliphatic heterocycles. The summed E-state index contributed by atoms with van der Waals surface area (Å²) in [4.78, 5) is 0. The third-order valence-electron chi connectivity index (χ3n) is 6.37. The summed E-state index contributed by atoms with van der Waals surface area (Å²) in [6, 6.07) is 43.2. The lowest BCUT2D eigenvalue weighted by atomic mass is 9.86. The molecule has 178 valence electrons. The maximum atomic E-state index is 10.4. The standard InChI is InChI=1S/C34H30O2/c1-34(2,24-28-20-12-13-21-30(28)35)36-31-23-22-29(25-14-6-3-7-15-25)32(26-16-8-4-9-17-26)33(31)27-18-10-5-11-19-27/h3-23,35H,24H2,1-2H3. The number of ether oxygens (including phenoxy) is 1. The number of rotatable bonds is 7. The SMILES string of the molecule is CC(C)(Cc1ccccc1O)Oc1ccc(-c2ccccc2)c(-c2ccccc2)c1-c1ccccc1. The van der Waals surface area contributed by atoms with Crippen LogP contribution in [0.2, 0.25) is 0 Å². The van der Waals surface area contributed by atoms with Crippen LogP contribution in [0.4, 0.5) is 0 Å². The Balaban J connectivity index is 1.70. The lowest BCUT2D eigenvalue weighted by molar-refractivity contribution is 0.110. The molecule has 0 amide bonds. The minimum absolute atomic E-state index is 0.293. The summed E-state index contributed by atoms with van der Waals surface area (Å²) in [6.45, 7) is 4.14. The van der Waals surface area contributed by atoms with Crippen molar-refractivity contribution in [1.82, 2.24) is 0 Å². The fourth-order valence-electron chi connectivity index (χ4n) is 4.78. The predicted molar refractivity (Wildman–Crippen MR) is 149 cm³/mol. The molecule has 0 aliphatic carbocycles. The lowest BCUT2D eigenvalue weighted by Crippen LogP contribution is -2.31. The van der Waals surface area contributed by atoms with Crippen LogP contribution in [0, 0.1) is 0 Å². The summed E-state index contributed by atoms with van der Waals surface area (Å²) >= 11 is 0. The van der Waals surface area contributed by atoms with Gasteiger partial charge in [-0.1, -0.05) is 115 Å². The molecule has 0 aromatic heterocycles. The van der Waals surface area contributed by atoms with Crippen molar-refractivity contribution in [2.24, 2.45) is 0 Å². The van der Waals surface area contributed by atoms with E-state index in [9.17, 15) is 5.11 Å². The third kappa shape index (κ3) is 5.04. The van der Waals surface area contributed by atoms with Crippen molar-refractivity contribution in [2.75, 3.05) is 0 Å². The minimum atomic E-state index is -0.551. The van der Waals surface area contributed by atoms with E-state index in [0.717, 1.165) is 44.7 Å². The van der Waals surface area contributed by atoms with Crippen molar-refractivity contribution in [3.63, 3.8) is 0 Å². The summed E-state index contributed by atoms with van der Waals surface area (Å²) in [7, 11) is 0. The molecule has 0 heterocycles. The van der Waals surface area contributed by atoms with E-state index in [2.05, 4.69) is 98.8 Å². The molecule has 36 heavy (non-hydrogen) atoms. The Hall–Kier alpha value is -4.30. The van der Waals surface area contributed by atoms with Crippen LogP contribution in [0.5, 0.6) is 11.5 Å². The largest absolute Gasteiger partial charge is 0.508 e. The quantitative estimate of drug-likeness (QED) is 0.257. The molecule has 0 fully saturated rings. The summed E-state index contributed by atoms with van der Waals surface area (Å²) in [6.07, 6.45) is 0.578. The average molecular weight is 471 g/mol. The van der Waals surface area contributed by atoms with E-state index in [0.29, 0.717) is 12.2 Å². The lowest BCUT2D eigenvalue weighted by Gasteiger charge is -2.30. The average Bonchev–Trinajstić information content (AvgIpc) is 2.91. The highest BCUT2D eigenvalue weighted by molar-refractivity contribution is 5.97. The molecular weight excluding hydrogens is 440 g/mol. The first-order chi connectivity index (χ1) is 17.5. The van der Waals surface area contributed by atoms with Gasteiger partial charge in [-0.15, -0.1) is 0 Å². The molecule has 2 heteroatoms. The molecule has 5 aromatic rings. The number of benzene rings is 5. The topological polar surface area (TPSA) is 29.5 Å². The highest BCUT2D eigenvalue weighted by Crippen LogP contribution is 2.46. The van der Waals surface area contributed by atoms with Crippen LogP contribution in [0.25, 0.3) is 33.4 Å². The van der Waals surface area contributed by atoms with Crippen molar-refractivity contribution >= 4 is 0 Å². The number of phenols is 1. The molecule has 5 aromatic carbocycles. The predicted octanol–water partition coefficient (Wildman–Crippen LogP) is 8.79. The van der Waals surface area contributed by atoms with Gasteiger partial charge in [-0.25, -0.2) is 0 Å². The molecule has 1 N–H and O–H groups in total. The third-order valence-corrected chi connectivity index (χ3v) is 6.37. The van der Waals surface area contributed by atoms with E-state index in [1.54, 1.807) is 6.07 Å². The summed E-state index contributed by atoms with van der Waals surface area (Å²) < 4.78 is 6.79. The maximum absolute atomic E-state index is 10.4. The van der Waals surface area contributed by atoms with Gasteiger partial charge in [0.25, 0.3) is 0 Å². The van der Waals surface area contributed by atoms with E-state index >= 15 is 0 Å². The Morgan fingerprint density at radius 3 is 1.64 bits per heavy atom. The number of hydrogen-bond acceptors (Lipinski definition) is 2. The molecule has 0 saturated carbocycles. The summed E-state index contributed by atoms with van der Waals surface area (Å²) in [5.74, 6) is 1.11. The monoisotopic (exact) mass is 470 g/mol. The van der Waals surface area contributed by atoms with Crippen LogP contribution < -0.4 is 4.74 Å². The van der Waals surface area contributed by atoms with Crippen LogP contribution in [-0.2, 0) is 6.42 Å². The van der Waals surface area contributed by atoms with E-state index in [4.69, 9.17) is 4.74 Å². The number of hydrogen-bond donors (Lipinski definition) is 1. The fourth-order valence-corrected chi connectivity index (χ4v) is 4.78. The Bertz CT molecular complexity index is 1440. The molecular formula is C34H30O2. The molecule has 0 atom stereocenters. The Morgan fingerprint density at radius 1 is 0.556 bits per heavy atom. The Kier molecular flexibility index (Phi) is 6.60. The van der Waals surface area contributed by atoms with Crippen molar-refractivity contribution in [1.29, 1.82) is 0 Å². The summed E-state index contributed by atoms with van der Waals surface area (Å²) in [5, 5.41) is 10.4. The van der Waals surface area contributed by atoms with Crippen LogP contribution in [0.15, 0.2) is 127 Å². The smallest absolute Gasteiger partial charge is 0.128 e. The molecule has 0 saturated heterocycles. The highest BCUT2D eigenvalue weighted by atomic mass is 16.5. The summed E-state index contributed by atoms with van der Waals surface area (Å²) in [5.41, 5.74) is 7.08. The molecule has 0 unspecified atom stereocenters. The number of aromatic hydroxyl groups is 1. The van der Waals surface area contributed by atoms with E-state index < -0.39 is 5.60 Å². The molecule has 0 spiro atoms. The van der Waals surface area contributed by atoms with Gasteiger partial charge < -0.3 is 9.84 Å². The van der Waals surface area contributed by atoms with Crippen LogP contribution in [0.1, 0.15) is 19.4 Å². The van der Waals surface area contributed by atoms with E-state index in [-0.39, 0.29) is 0 Å².